The summed E-state index contributed by atoms with van der Waals surface area (Å²) in [5.74, 6) is 0.481. The lowest BCUT2D eigenvalue weighted by Gasteiger charge is -2.32. The lowest BCUT2D eigenvalue weighted by molar-refractivity contribution is -0.114. The third-order valence-corrected chi connectivity index (χ3v) is 6.95. The molecule has 8 heteroatoms. The Morgan fingerprint density at radius 3 is 2.48 bits per heavy atom. The van der Waals surface area contributed by atoms with Crippen molar-refractivity contribution in [2.24, 2.45) is 0 Å². The van der Waals surface area contributed by atoms with Gasteiger partial charge in [0.05, 0.1) is 30.5 Å². The first kappa shape index (κ1) is 20.7. The van der Waals surface area contributed by atoms with Gasteiger partial charge in [0.25, 0.3) is 10.0 Å². The summed E-state index contributed by atoms with van der Waals surface area (Å²) >= 11 is 0. The number of hydrogen-bond acceptors (Lipinski definition) is 5. The fourth-order valence-electron chi connectivity index (χ4n) is 3.65. The highest BCUT2D eigenvalue weighted by Crippen LogP contribution is 2.43. The fraction of sp³-hybridized carbons (Fsp3) is 0.174. The molecule has 3 aromatic rings. The summed E-state index contributed by atoms with van der Waals surface area (Å²) in [5, 5.41) is 2.74. The molecule has 0 unspecified atom stereocenters. The Labute approximate surface area is 181 Å². The zero-order chi connectivity index (χ0) is 22.2. The molecule has 1 N–H and O–H groups in total. The first-order chi connectivity index (χ1) is 14.8. The molecule has 160 valence electrons. The molecule has 0 fully saturated rings. The van der Waals surface area contributed by atoms with Crippen LogP contribution >= 0.6 is 0 Å². The zero-order valence-corrected chi connectivity index (χ0v) is 18.2. The third kappa shape index (κ3) is 3.70. The average Bonchev–Trinajstić information content (AvgIpc) is 2.77. The van der Waals surface area contributed by atoms with Gasteiger partial charge in [0.2, 0.25) is 5.91 Å². The fourth-order valence-corrected chi connectivity index (χ4v) is 5.30. The van der Waals surface area contributed by atoms with Crippen molar-refractivity contribution in [2.45, 2.75) is 11.8 Å². The van der Waals surface area contributed by atoms with E-state index in [0.29, 0.717) is 28.4 Å². The molecule has 0 aliphatic carbocycles. The van der Waals surface area contributed by atoms with E-state index in [0.717, 1.165) is 15.4 Å². The maximum absolute atomic E-state index is 13.4. The van der Waals surface area contributed by atoms with Gasteiger partial charge in [-0.2, -0.15) is 0 Å². The molecule has 31 heavy (non-hydrogen) atoms. The number of anilines is 2. The molecule has 1 heterocycles. The number of fused-ring (bicyclic) bond motifs is 3. The van der Waals surface area contributed by atoms with Crippen molar-refractivity contribution < 1.29 is 22.7 Å². The number of amides is 1. The molecule has 1 aliphatic rings. The van der Waals surface area contributed by atoms with Gasteiger partial charge in [-0.3, -0.25) is 9.10 Å². The van der Waals surface area contributed by atoms with Crippen molar-refractivity contribution in [3.63, 3.8) is 0 Å². The molecule has 7 nitrogen and oxygen atoms in total. The molecule has 1 amide bonds. The molecule has 4 rings (SSSR count). The molecule has 3 aromatic carbocycles. The summed E-state index contributed by atoms with van der Waals surface area (Å²) < 4.78 is 38.4. The van der Waals surface area contributed by atoms with Crippen LogP contribution in [0.3, 0.4) is 0 Å². The number of ether oxygens (including phenoxy) is 2. The number of carbonyl (C=O) groups is 1. The van der Waals surface area contributed by atoms with E-state index in [1.807, 2.05) is 19.1 Å². The normalized spacial score (nSPS) is 13.7. The molecule has 0 radical (unpaired) electrons. The predicted molar refractivity (Wildman–Crippen MR) is 119 cm³/mol. The maximum Gasteiger partial charge on any atom is 0.265 e. The van der Waals surface area contributed by atoms with E-state index in [-0.39, 0.29) is 11.4 Å². The maximum atomic E-state index is 13.4. The largest absolute Gasteiger partial charge is 0.497 e. The first-order valence-corrected chi connectivity index (χ1v) is 11.0. The van der Waals surface area contributed by atoms with E-state index in [4.69, 9.17) is 9.47 Å². The van der Waals surface area contributed by atoms with Gasteiger partial charge in [-0.25, -0.2) is 8.42 Å². The Bertz CT molecular complexity index is 1270. The highest BCUT2D eigenvalue weighted by Gasteiger charge is 2.35. The van der Waals surface area contributed by atoms with E-state index in [1.54, 1.807) is 48.5 Å². The van der Waals surface area contributed by atoms with Crippen molar-refractivity contribution in [2.75, 3.05) is 30.4 Å². The number of carbonyl (C=O) groups excluding carboxylic acids is 1. The van der Waals surface area contributed by atoms with Crippen LogP contribution in [0.25, 0.3) is 11.1 Å². The average molecular weight is 439 g/mol. The van der Waals surface area contributed by atoms with Crippen LogP contribution in [0.1, 0.15) is 5.56 Å². The van der Waals surface area contributed by atoms with Gasteiger partial charge in [-0.1, -0.05) is 29.8 Å². The minimum absolute atomic E-state index is 0.180. The predicted octanol–water partition coefficient (Wildman–Crippen LogP) is 3.83. The Morgan fingerprint density at radius 2 is 1.74 bits per heavy atom. The molecular formula is C23H22N2O5S. The molecular weight excluding hydrogens is 416 g/mol. The smallest absolute Gasteiger partial charge is 0.265 e. The van der Waals surface area contributed by atoms with Gasteiger partial charge < -0.3 is 14.8 Å². The van der Waals surface area contributed by atoms with Crippen LogP contribution in [0.5, 0.6) is 11.5 Å². The summed E-state index contributed by atoms with van der Waals surface area (Å²) in [5.41, 5.74) is 3.27. The van der Waals surface area contributed by atoms with Gasteiger partial charge in [0.1, 0.15) is 18.0 Å². The number of aryl methyl sites for hydroxylation is 1. The standard InChI is InChI=1S/C23H22N2O5S/c1-15-8-10-20-18(12-15)17-6-4-5-7-22(17)31(27,28)25(20)14-23(26)24-19-13-16(29-2)9-11-21(19)30-3/h4-13H,14H2,1-3H3,(H,24,26). The number of hydrogen-bond donors (Lipinski definition) is 1. The quantitative estimate of drug-likeness (QED) is 0.655. The molecule has 0 atom stereocenters. The second-order valence-electron chi connectivity index (χ2n) is 7.14. The van der Waals surface area contributed by atoms with Crippen LogP contribution < -0.4 is 19.1 Å². The minimum atomic E-state index is -3.91. The first-order valence-electron chi connectivity index (χ1n) is 9.60. The number of sulfonamides is 1. The molecule has 1 aliphatic heterocycles. The molecule has 0 saturated carbocycles. The van der Waals surface area contributed by atoms with E-state index in [1.165, 1.54) is 14.2 Å². The van der Waals surface area contributed by atoms with E-state index in [2.05, 4.69) is 5.32 Å². The second kappa shape index (κ2) is 7.96. The molecule has 0 bridgehead atoms. The summed E-state index contributed by atoms with van der Waals surface area (Å²) in [6.45, 7) is 1.56. The van der Waals surface area contributed by atoms with Crippen molar-refractivity contribution in [1.29, 1.82) is 0 Å². The number of nitrogens with zero attached hydrogens (tertiary/aromatic N) is 1. The number of rotatable bonds is 5. The third-order valence-electron chi connectivity index (χ3n) is 5.13. The van der Waals surface area contributed by atoms with Gasteiger partial charge in [0, 0.05) is 17.2 Å². The summed E-state index contributed by atoms with van der Waals surface area (Å²) in [6.07, 6.45) is 0. The number of nitrogens with one attached hydrogen (secondary N) is 1. The van der Waals surface area contributed by atoms with Crippen molar-refractivity contribution in [3.8, 4) is 22.6 Å². The lowest BCUT2D eigenvalue weighted by atomic mass is 10.0. The van der Waals surface area contributed by atoms with Crippen molar-refractivity contribution in [3.05, 3.63) is 66.2 Å². The summed E-state index contributed by atoms with van der Waals surface area (Å²) in [6, 6.07) is 17.3. The summed E-state index contributed by atoms with van der Waals surface area (Å²) in [7, 11) is -0.902. The topological polar surface area (TPSA) is 84.9 Å². The van der Waals surface area contributed by atoms with Crippen LogP contribution in [-0.4, -0.2) is 35.1 Å². The monoisotopic (exact) mass is 438 g/mol. The van der Waals surface area contributed by atoms with Gasteiger partial charge >= 0.3 is 0 Å². The Kier molecular flexibility index (Phi) is 5.32. The lowest BCUT2D eigenvalue weighted by Crippen LogP contribution is -2.40. The van der Waals surface area contributed by atoms with Gasteiger partial charge in [-0.05, 0) is 37.3 Å². The van der Waals surface area contributed by atoms with Crippen LogP contribution in [0, 0.1) is 6.92 Å². The van der Waals surface area contributed by atoms with Crippen molar-refractivity contribution in [1.82, 2.24) is 0 Å². The van der Waals surface area contributed by atoms with Crippen LogP contribution in [-0.2, 0) is 14.8 Å². The van der Waals surface area contributed by atoms with Crippen molar-refractivity contribution >= 4 is 27.3 Å². The van der Waals surface area contributed by atoms with E-state index in [9.17, 15) is 13.2 Å². The highest BCUT2D eigenvalue weighted by molar-refractivity contribution is 7.93. The minimum Gasteiger partial charge on any atom is -0.497 e. The van der Waals surface area contributed by atoms with Gasteiger partial charge in [-0.15, -0.1) is 0 Å². The van der Waals surface area contributed by atoms with E-state index >= 15 is 0 Å². The van der Waals surface area contributed by atoms with E-state index < -0.39 is 15.9 Å². The zero-order valence-electron chi connectivity index (χ0n) is 17.4. The number of benzene rings is 3. The van der Waals surface area contributed by atoms with Crippen LogP contribution in [0.4, 0.5) is 11.4 Å². The number of methoxy groups -OCH3 is 2. The molecule has 0 spiro atoms. The summed E-state index contributed by atoms with van der Waals surface area (Å²) in [4.78, 5) is 13.1. The second-order valence-corrected chi connectivity index (χ2v) is 8.97. The van der Waals surface area contributed by atoms with Crippen LogP contribution in [0.15, 0.2) is 65.6 Å². The molecule has 0 aromatic heterocycles. The Hall–Kier alpha value is -3.52. The van der Waals surface area contributed by atoms with Gasteiger partial charge in [0.15, 0.2) is 0 Å². The molecule has 0 saturated heterocycles. The highest BCUT2D eigenvalue weighted by atomic mass is 32.2. The Balaban J connectivity index is 1.71. The SMILES string of the molecule is COc1ccc(OC)c(NC(=O)CN2c3ccc(C)cc3-c3ccccc3S2(=O)=O)c1. The van der Waals surface area contributed by atoms with Crippen LogP contribution in [0.2, 0.25) is 0 Å². The Morgan fingerprint density at radius 1 is 0.968 bits per heavy atom.